The second-order valence-corrected chi connectivity index (χ2v) is 9.12. The number of nitrogens with zero attached hydrogens (tertiary/aromatic N) is 4. The Morgan fingerprint density at radius 1 is 1.04 bits per heavy atom. The maximum absolute atomic E-state index is 12.7. The summed E-state index contributed by atoms with van der Waals surface area (Å²) in [5.41, 5.74) is 2.69. The van der Waals surface area contributed by atoms with Crippen LogP contribution < -0.4 is 0 Å². The van der Waals surface area contributed by atoms with E-state index in [1.807, 2.05) is 21.1 Å². The van der Waals surface area contributed by atoms with Crippen molar-refractivity contribution in [3.05, 3.63) is 39.5 Å². The Labute approximate surface area is 170 Å². The molecule has 0 radical (unpaired) electrons. The molecule has 0 bridgehead atoms. The summed E-state index contributed by atoms with van der Waals surface area (Å²) in [6.07, 6.45) is 10.7. The number of morpholine rings is 1. The summed E-state index contributed by atoms with van der Waals surface area (Å²) < 4.78 is 5.36. The van der Waals surface area contributed by atoms with Crippen LogP contribution >= 0.6 is 11.3 Å². The van der Waals surface area contributed by atoms with Crippen molar-refractivity contribution in [2.45, 2.75) is 31.6 Å². The molecule has 1 aliphatic carbocycles. The standard InChI is InChI=1S/C21H28N4O2S/c26-21(25-12-14-27-15-13-25)24-8-4-16(5-9-24)20-22-18-6-10-23(17-2-1-3-17)11-7-19(18)28-20/h1-3,16H,4-15H2. The minimum atomic E-state index is 0.191. The van der Waals surface area contributed by atoms with Crippen LogP contribution in [0.5, 0.6) is 0 Å². The minimum Gasteiger partial charge on any atom is -0.378 e. The van der Waals surface area contributed by atoms with Crippen molar-refractivity contribution in [1.29, 1.82) is 0 Å². The third kappa shape index (κ3) is 3.57. The molecule has 2 saturated heterocycles. The molecule has 0 atom stereocenters. The minimum absolute atomic E-state index is 0.191. The van der Waals surface area contributed by atoms with Crippen LogP contribution in [0.15, 0.2) is 23.9 Å². The van der Waals surface area contributed by atoms with Gasteiger partial charge in [0.2, 0.25) is 0 Å². The number of likely N-dealkylation sites (tertiary alicyclic amines) is 1. The van der Waals surface area contributed by atoms with E-state index in [0.717, 1.165) is 65.0 Å². The van der Waals surface area contributed by atoms with Gasteiger partial charge in [0.15, 0.2) is 0 Å². The lowest BCUT2D eigenvalue weighted by Crippen LogP contribution is -2.50. The van der Waals surface area contributed by atoms with Crippen molar-refractivity contribution in [1.82, 2.24) is 19.7 Å². The van der Waals surface area contributed by atoms with Crippen LogP contribution in [-0.2, 0) is 17.6 Å². The first-order valence-corrected chi connectivity index (χ1v) is 11.3. The fraction of sp³-hybridized carbons (Fsp3) is 0.619. The predicted octanol–water partition coefficient (Wildman–Crippen LogP) is 2.63. The van der Waals surface area contributed by atoms with Crippen LogP contribution in [0.4, 0.5) is 4.79 Å². The summed E-state index contributed by atoms with van der Waals surface area (Å²) in [5, 5.41) is 1.31. The summed E-state index contributed by atoms with van der Waals surface area (Å²) in [5.74, 6) is 0.513. The van der Waals surface area contributed by atoms with Gasteiger partial charge in [0.05, 0.1) is 23.9 Å². The van der Waals surface area contributed by atoms with Crippen molar-refractivity contribution in [3.63, 3.8) is 0 Å². The van der Waals surface area contributed by atoms with Crippen molar-refractivity contribution in [2.75, 3.05) is 52.5 Å². The van der Waals surface area contributed by atoms with E-state index in [9.17, 15) is 4.79 Å². The number of carbonyl (C=O) groups excluding carboxylic acids is 1. The highest BCUT2D eigenvalue weighted by molar-refractivity contribution is 7.11. The number of aromatic nitrogens is 1. The molecule has 0 N–H and O–H groups in total. The SMILES string of the molecule is O=C(N1CCOCC1)N1CCC(c2nc3c(s2)CCN(C2=CC=C2)CC3)CC1. The monoisotopic (exact) mass is 400 g/mol. The summed E-state index contributed by atoms with van der Waals surface area (Å²) >= 11 is 1.93. The number of rotatable bonds is 2. The van der Waals surface area contributed by atoms with Crippen molar-refractivity contribution in [3.8, 4) is 0 Å². The van der Waals surface area contributed by atoms with E-state index in [1.54, 1.807) is 0 Å². The van der Waals surface area contributed by atoms with Gasteiger partial charge in [-0.2, -0.15) is 0 Å². The molecule has 2 fully saturated rings. The molecular weight excluding hydrogens is 372 g/mol. The molecule has 0 saturated carbocycles. The van der Waals surface area contributed by atoms with Gasteiger partial charge in [-0.15, -0.1) is 11.3 Å². The summed E-state index contributed by atoms with van der Waals surface area (Å²) in [6, 6.07) is 0.191. The van der Waals surface area contributed by atoms with Gasteiger partial charge in [-0.05, 0) is 25.0 Å². The number of ether oxygens (including phenoxy) is 1. The molecular formula is C21H28N4O2S. The van der Waals surface area contributed by atoms with Crippen LogP contribution in [0.2, 0.25) is 0 Å². The molecule has 150 valence electrons. The van der Waals surface area contributed by atoms with Gasteiger partial charge in [0.1, 0.15) is 0 Å². The first-order valence-electron chi connectivity index (χ1n) is 10.5. The maximum atomic E-state index is 12.7. The van der Waals surface area contributed by atoms with E-state index < -0.39 is 0 Å². The van der Waals surface area contributed by atoms with Crippen molar-refractivity contribution < 1.29 is 9.53 Å². The molecule has 0 unspecified atom stereocenters. The third-order valence-corrected chi connectivity index (χ3v) is 7.64. The van der Waals surface area contributed by atoms with Gasteiger partial charge in [-0.3, -0.25) is 0 Å². The van der Waals surface area contributed by atoms with E-state index in [4.69, 9.17) is 9.72 Å². The summed E-state index contributed by atoms with van der Waals surface area (Å²) in [7, 11) is 0. The lowest BCUT2D eigenvalue weighted by molar-refractivity contribution is 0.0411. The first kappa shape index (κ1) is 18.2. The topological polar surface area (TPSA) is 48.9 Å². The molecule has 0 aromatic carbocycles. The van der Waals surface area contributed by atoms with Crippen molar-refractivity contribution >= 4 is 17.4 Å². The number of hydrogen-bond donors (Lipinski definition) is 0. The second-order valence-electron chi connectivity index (χ2n) is 8.00. The fourth-order valence-electron chi connectivity index (χ4n) is 4.48. The van der Waals surface area contributed by atoms with Gasteiger partial charge in [0, 0.05) is 68.6 Å². The Morgan fingerprint density at radius 2 is 1.75 bits per heavy atom. The highest BCUT2D eigenvalue weighted by atomic mass is 32.1. The molecule has 6 nitrogen and oxygen atoms in total. The molecule has 3 aliphatic heterocycles. The van der Waals surface area contributed by atoms with E-state index in [2.05, 4.69) is 23.1 Å². The van der Waals surface area contributed by atoms with Gasteiger partial charge in [-0.1, -0.05) is 6.08 Å². The molecule has 0 spiro atoms. The molecule has 4 heterocycles. The van der Waals surface area contributed by atoms with E-state index in [-0.39, 0.29) is 6.03 Å². The Balaban J connectivity index is 1.17. The number of piperidine rings is 1. The maximum Gasteiger partial charge on any atom is 0.320 e. The Morgan fingerprint density at radius 3 is 2.46 bits per heavy atom. The van der Waals surface area contributed by atoms with Crippen LogP contribution in [0.25, 0.3) is 0 Å². The number of carbonyl (C=O) groups is 1. The number of hydrogen-bond acceptors (Lipinski definition) is 5. The molecule has 4 aliphatic rings. The lowest BCUT2D eigenvalue weighted by Gasteiger charge is -2.36. The summed E-state index contributed by atoms with van der Waals surface area (Å²) in [4.78, 5) is 25.7. The van der Waals surface area contributed by atoms with E-state index in [0.29, 0.717) is 19.1 Å². The Hall–Kier alpha value is -1.86. The third-order valence-electron chi connectivity index (χ3n) is 6.32. The van der Waals surface area contributed by atoms with Crippen LogP contribution in [0, 0.1) is 0 Å². The summed E-state index contributed by atoms with van der Waals surface area (Å²) in [6.45, 7) is 6.63. The second kappa shape index (κ2) is 7.87. The predicted molar refractivity (Wildman–Crippen MR) is 110 cm³/mol. The number of amides is 2. The Kier molecular flexibility index (Phi) is 5.11. The zero-order chi connectivity index (χ0) is 18.9. The average Bonchev–Trinajstić information content (AvgIpc) is 3.02. The smallest absolute Gasteiger partial charge is 0.320 e. The molecule has 1 aromatic rings. The zero-order valence-corrected chi connectivity index (χ0v) is 17.1. The van der Waals surface area contributed by atoms with Gasteiger partial charge in [-0.25, -0.2) is 9.78 Å². The number of fused-ring (bicyclic) bond motifs is 1. The number of thiazole rings is 1. The average molecular weight is 401 g/mol. The van der Waals surface area contributed by atoms with E-state index >= 15 is 0 Å². The molecule has 2 amide bonds. The van der Waals surface area contributed by atoms with Gasteiger partial charge >= 0.3 is 6.03 Å². The van der Waals surface area contributed by atoms with E-state index in [1.165, 1.54) is 21.3 Å². The largest absolute Gasteiger partial charge is 0.378 e. The first-order chi connectivity index (χ1) is 13.8. The normalized spacial score (nSPS) is 23.1. The molecule has 28 heavy (non-hydrogen) atoms. The highest BCUT2D eigenvalue weighted by Crippen LogP contribution is 2.34. The van der Waals surface area contributed by atoms with Crippen LogP contribution in [0.3, 0.4) is 0 Å². The molecule has 5 rings (SSSR count). The van der Waals surface area contributed by atoms with Gasteiger partial charge < -0.3 is 19.4 Å². The number of urea groups is 1. The fourth-order valence-corrected chi connectivity index (χ4v) is 5.75. The molecule has 7 heteroatoms. The van der Waals surface area contributed by atoms with Crippen LogP contribution in [0.1, 0.15) is 34.3 Å². The zero-order valence-electron chi connectivity index (χ0n) is 16.3. The number of allylic oxidation sites excluding steroid dienone is 3. The lowest BCUT2D eigenvalue weighted by atomic mass is 9.97. The Bertz CT molecular complexity index is 763. The highest BCUT2D eigenvalue weighted by Gasteiger charge is 2.30. The van der Waals surface area contributed by atoms with Crippen LogP contribution in [-0.4, -0.2) is 78.2 Å². The van der Waals surface area contributed by atoms with Crippen molar-refractivity contribution in [2.24, 2.45) is 0 Å². The molecule has 1 aromatic heterocycles. The quantitative estimate of drug-likeness (QED) is 0.766. The van der Waals surface area contributed by atoms with Gasteiger partial charge in [0.25, 0.3) is 0 Å².